The first-order valence-corrected chi connectivity index (χ1v) is 10.4. The molecule has 0 radical (unpaired) electrons. The van der Waals surface area contributed by atoms with Crippen molar-refractivity contribution in [2.75, 3.05) is 32.8 Å². The lowest BCUT2D eigenvalue weighted by Gasteiger charge is -2.34. The maximum atomic E-state index is 13.2. The molecule has 1 aliphatic heterocycles. The Balaban J connectivity index is 1.46. The van der Waals surface area contributed by atoms with E-state index in [0.717, 1.165) is 11.6 Å². The van der Waals surface area contributed by atoms with Crippen LogP contribution in [-0.4, -0.2) is 60.2 Å². The van der Waals surface area contributed by atoms with E-state index < -0.39 is 5.82 Å². The van der Waals surface area contributed by atoms with Crippen molar-refractivity contribution in [3.63, 3.8) is 0 Å². The van der Waals surface area contributed by atoms with Crippen LogP contribution in [0.1, 0.15) is 29.3 Å². The summed E-state index contributed by atoms with van der Waals surface area (Å²) in [6.07, 6.45) is 1.18. The molecule has 2 aromatic rings. The minimum absolute atomic E-state index is 0.0734. The monoisotopic (exact) mass is 446 g/mol. The van der Waals surface area contributed by atoms with E-state index in [-0.39, 0.29) is 34.8 Å². The number of Topliss-reactive ketones (excluding diaryl/α,β-unsaturated/α-hetero) is 1. The van der Waals surface area contributed by atoms with Gasteiger partial charge in [-0.1, -0.05) is 23.7 Å². The molecular formula is C23H24ClFN2O4. The van der Waals surface area contributed by atoms with Crippen LogP contribution in [-0.2, 0) is 16.0 Å². The van der Waals surface area contributed by atoms with Crippen molar-refractivity contribution >= 4 is 29.2 Å². The first kappa shape index (κ1) is 22.7. The van der Waals surface area contributed by atoms with Crippen LogP contribution in [0.2, 0.25) is 5.02 Å². The molecule has 2 amide bonds. The average Bonchev–Trinajstić information content (AvgIpc) is 2.76. The molecule has 0 N–H and O–H groups in total. The lowest BCUT2D eigenvalue weighted by molar-refractivity contribution is -0.134. The molecule has 1 fully saturated rings. The number of amides is 2. The molecule has 0 unspecified atom stereocenters. The molecule has 0 saturated carbocycles. The third kappa shape index (κ3) is 6.28. The van der Waals surface area contributed by atoms with Gasteiger partial charge in [0.05, 0.1) is 10.6 Å². The number of piperazine rings is 1. The summed E-state index contributed by atoms with van der Waals surface area (Å²) in [6, 6.07) is 11.0. The summed E-state index contributed by atoms with van der Waals surface area (Å²) >= 11 is 5.98. The SMILES string of the molecule is CC(=O)CCc1ccc(OCC(=O)N2CCN(C(=O)c3ccc(F)cc3Cl)CC2)cc1. The van der Waals surface area contributed by atoms with Crippen LogP contribution < -0.4 is 4.74 Å². The second kappa shape index (κ2) is 10.4. The maximum Gasteiger partial charge on any atom is 0.260 e. The van der Waals surface area contributed by atoms with Gasteiger partial charge < -0.3 is 19.3 Å². The van der Waals surface area contributed by atoms with Crippen molar-refractivity contribution in [1.29, 1.82) is 0 Å². The Morgan fingerprint density at radius 3 is 2.26 bits per heavy atom. The Hall–Kier alpha value is -2.93. The van der Waals surface area contributed by atoms with Gasteiger partial charge in [-0.25, -0.2) is 4.39 Å². The number of ether oxygens (including phenoxy) is 1. The number of benzene rings is 2. The van der Waals surface area contributed by atoms with Crippen molar-refractivity contribution in [1.82, 2.24) is 9.80 Å². The number of aryl methyl sites for hydroxylation is 1. The molecule has 1 saturated heterocycles. The molecule has 0 aromatic heterocycles. The van der Waals surface area contributed by atoms with Crippen LogP contribution in [0.5, 0.6) is 5.75 Å². The van der Waals surface area contributed by atoms with Gasteiger partial charge in [-0.3, -0.25) is 9.59 Å². The second-order valence-corrected chi connectivity index (χ2v) is 7.84. The van der Waals surface area contributed by atoms with Gasteiger partial charge in [-0.15, -0.1) is 0 Å². The van der Waals surface area contributed by atoms with E-state index in [1.807, 2.05) is 12.1 Å². The molecule has 1 aliphatic rings. The number of hydrogen-bond donors (Lipinski definition) is 0. The van der Waals surface area contributed by atoms with Crippen molar-refractivity contribution in [2.24, 2.45) is 0 Å². The normalized spacial score (nSPS) is 13.8. The Morgan fingerprint density at radius 1 is 1.00 bits per heavy atom. The van der Waals surface area contributed by atoms with Gasteiger partial charge >= 0.3 is 0 Å². The summed E-state index contributed by atoms with van der Waals surface area (Å²) in [4.78, 5) is 39.4. The van der Waals surface area contributed by atoms with Crippen LogP contribution >= 0.6 is 11.6 Å². The smallest absolute Gasteiger partial charge is 0.260 e. The highest BCUT2D eigenvalue weighted by Crippen LogP contribution is 2.20. The molecule has 31 heavy (non-hydrogen) atoms. The summed E-state index contributed by atoms with van der Waals surface area (Å²) in [5.41, 5.74) is 1.29. The van der Waals surface area contributed by atoms with Crippen LogP contribution in [0.4, 0.5) is 4.39 Å². The average molecular weight is 447 g/mol. The highest BCUT2D eigenvalue weighted by atomic mass is 35.5. The minimum atomic E-state index is -0.498. The number of halogens is 2. The Bertz CT molecular complexity index is 957. The van der Waals surface area contributed by atoms with Gasteiger partial charge in [0.15, 0.2) is 6.61 Å². The fourth-order valence-corrected chi connectivity index (χ4v) is 3.55. The van der Waals surface area contributed by atoms with Crippen molar-refractivity contribution in [3.05, 3.63) is 64.4 Å². The van der Waals surface area contributed by atoms with E-state index in [4.69, 9.17) is 16.3 Å². The van der Waals surface area contributed by atoms with Crippen LogP contribution in [0.25, 0.3) is 0 Å². The predicted octanol–water partition coefficient (Wildman–Crippen LogP) is 3.36. The van der Waals surface area contributed by atoms with E-state index in [1.165, 1.54) is 12.1 Å². The zero-order chi connectivity index (χ0) is 22.4. The Labute approximate surface area is 185 Å². The molecule has 3 rings (SSSR count). The van der Waals surface area contributed by atoms with Gasteiger partial charge in [-0.2, -0.15) is 0 Å². The molecule has 8 heteroatoms. The zero-order valence-electron chi connectivity index (χ0n) is 17.3. The summed E-state index contributed by atoms with van der Waals surface area (Å²) in [6.45, 7) is 2.97. The zero-order valence-corrected chi connectivity index (χ0v) is 18.0. The van der Waals surface area contributed by atoms with Gasteiger partial charge in [0, 0.05) is 32.6 Å². The number of ketones is 1. The number of hydrogen-bond acceptors (Lipinski definition) is 4. The lowest BCUT2D eigenvalue weighted by Crippen LogP contribution is -2.51. The molecule has 0 aliphatic carbocycles. The van der Waals surface area contributed by atoms with Gasteiger partial charge in [0.2, 0.25) is 0 Å². The highest BCUT2D eigenvalue weighted by molar-refractivity contribution is 6.33. The fourth-order valence-electron chi connectivity index (χ4n) is 3.30. The van der Waals surface area contributed by atoms with Crippen LogP contribution in [0.3, 0.4) is 0 Å². The molecular weight excluding hydrogens is 423 g/mol. The largest absolute Gasteiger partial charge is 0.484 e. The fraction of sp³-hybridized carbons (Fsp3) is 0.348. The van der Waals surface area contributed by atoms with Crippen LogP contribution in [0, 0.1) is 5.82 Å². The third-order valence-corrected chi connectivity index (χ3v) is 5.45. The first-order valence-electron chi connectivity index (χ1n) is 10.1. The first-order chi connectivity index (χ1) is 14.8. The van der Waals surface area contributed by atoms with E-state index in [2.05, 4.69) is 0 Å². The predicted molar refractivity (Wildman–Crippen MR) is 115 cm³/mol. The van der Waals surface area contributed by atoms with Crippen LogP contribution in [0.15, 0.2) is 42.5 Å². The van der Waals surface area contributed by atoms with Gasteiger partial charge in [0.1, 0.15) is 17.3 Å². The molecule has 2 aromatic carbocycles. The number of nitrogens with zero attached hydrogens (tertiary/aromatic N) is 2. The maximum absolute atomic E-state index is 13.2. The number of rotatable bonds is 7. The van der Waals surface area contributed by atoms with Crippen molar-refractivity contribution < 1.29 is 23.5 Å². The lowest BCUT2D eigenvalue weighted by atomic mass is 10.1. The minimum Gasteiger partial charge on any atom is -0.484 e. The topological polar surface area (TPSA) is 66.9 Å². The molecule has 164 valence electrons. The molecule has 0 spiro atoms. The van der Waals surface area contributed by atoms with Gasteiger partial charge in [0.25, 0.3) is 11.8 Å². The standard InChI is InChI=1S/C23H24ClFN2O4/c1-16(28)2-3-17-4-7-19(8-5-17)31-15-22(29)26-10-12-27(13-11-26)23(30)20-9-6-18(25)14-21(20)24/h4-9,14H,2-3,10-13,15H2,1H3. The highest BCUT2D eigenvalue weighted by Gasteiger charge is 2.26. The summed E-state index contributed by atoms with van der Waals surface area (Å²) in [7, 11) is 0. The summed E-state index contributed by atoms with van der Waals surface area (Å²) in [5.74, 6) is -0.207. The summed E-state index contributed by atoms with van der Waals surface area (Å²) < 4.78 is 18.8. The molecule has 0 bridgehead atoms. The Morgan fingerprint density at radius 2 is 1.65 bits per heavy atom. The summed E-state index contributed by atoms with van der Waals surface area (Å²) in [5, 5.41) is 0.0734. The van der Waals surface area contributed by atoms with Crippen molar-refractivity contribution in [3.8, 4) is 5.75 Å². The third-order valence-electron chi connectivity index (χ3n) is 5.13. The van der Waals surface area contributed by atoms with E-state index in [1.54, 1.807) is 28.9 Å². The molecule has 0 atom stereocenters. The van der Waals surface area contributed by atoms with E-state index >= 15 is 0 Å². The van der Waals surface area contributed by atoms with E-state index in [9.17, 15) is 18.8 Å². The number of carbonyl (C=O) groups excluding carboxylic acids is 3. The quantitative estimate of drug-likeness (QED) is 0.654. The molecule has 6 nitrogen and oxygen atoms in total. The number of carbonyl (C=O) groups is 3. The second-order valence-electron chi connectivity index (χ2n) is 7.43. The molecule has 1 heterocycles. The van der Waals surface area contributed by atoms with Crippen molar-refractivity contribution in [2.45, 2.75) is 19.8 Å². The Kier molecular flexibility index (Phi) is 7.63. The van der Waals surface area contributed by atoms with E-state index in [0.29, 0.717) is 44.8 Å². The van der Waals surface area contributed by atoms with Gasteiger partial charge in [-0.05, 0) is 49.2 Å².